The SMILES string of the molecule is Cc1ncsc1-c1ccc(CNC(=O)[C@@H]2C[C@@H](O)CN2C(=O)[C@@H](NC(=O)CCC(=O)NCCC2CCN(Cc3nc4cc(NC(=O)c5ccc6c(cnn6C)c5)ccc4[nH]3)C2)C(C)(C)C)cc1. The van der Waals surface area contributed by atoms with E-state index in [0.29, 0.717) is 30.3 Å². The fourth-order valence-corrected chi connectivity index (χ4v) is 9.78. The number of carbonyl (C=O) groups excluding carboxylic acids is 5. The number of likely N-dealkylation sites (tertiary alicyclic amines) is 2. The van der Waals surface area contributed by atoms with Gasteiger partial charge in [0.25, 0.3) is 5.91 Å². The average Bonchev–Trinajstić information content (AvgIpc) is 4.16. The van der Waals surface area contributed by atoms with E-state index in [2.05, 4.69) is 41.2 Å². The van der Waals surface area contributed by atoms with Gasteiger partial charge < -0.3 is 36.3 Å². The van der Waals surface area contributed by atoms with E-state index in [0.717, 1.165) is 75.4 Å². The molecule has 2 fully saturated rings. The van der Waals surface area contributed by atoms with Crippen molar-refractivity contribution in [3.05, 3.63) is 95.0 Å². The van der Waals surface area contributed by atoms with E-state index in [1.54, 1.807) is 28.3 Å². The van der Waals surface area contributed by atoms with Gasteiger partial charge in [-0.25, -0.2) is 9.97 Å². The lowest BCUT2D eigenvalue weighted by Crippen LogP contribution is -2.57. The molecule has 0 saturated carbocycles. The number of fused-ring (bicyclic) bond motifs is 2. The summed E-state index contributed by atoms with van der Waals surface area (Å²) < 4.78 is 1.77. The molecule has 0 spiro atoms. The number of thiazole rings is 1. The number of carbonyl (C=O) groups is 5. The third-order valence-corrected chi connectivity index (χ3v) is 13.7. The molecule has 352 valence electrons. The van der Waals surface area contributed by atoms with Crippen LogP contribution >= 0.6 is 11.3 Å². The number of aliphatic hydroxyl groups excluding tert-OH is 1. The Bertz CT molecular complexity index is 2770. The number of hydrogen-bond donors (Lipinski definition) is 6. The predicted molar refractivity (Wildman–Crippen MR) is 257 cm³/mol. The van der Waals surface area contributed by atoms with Gasteiger partial charge in [-0.15, -0.1) is 11.3 Å². The van der Waals surface area contributed by atoms with E-state index in [1.807, 2.05) is 94.9 Å². The van der Waals surface area contributed by atoms with Crippen LogP contribution in [-0.4, -0.2) is 114 Å². The highest BCUT2D eigenvalue weighted by atomic mass is 32.1. The first kappa shape index (κ1) is 47.0. The Hall–Kier alpha value is -6.50. The van der Waals surface area contributed by atoms with Gasteiger partial charge in [0, 0.05) is 69.1 Å². The normalized spacial score (nSPS) is 18.1. The minimum Gasteiger partial charge on any atom is -0.391 e. The highest BCUT2D eigenvalue weighted by Crippen LogP contribution is 2.29. The van der Waals surface area contributed by atoms with E-state index in [4.69, 9.17) is 4.98 Å². The monoisotopic (exact) mass is 929 g/mol. The van der Waals surface area contributed by atoms with E-state index in [9.17, 15) is 29.1 Å². The summed E-state index contributed by atoms with van der Waals surface area (Å²) in [5.74, 6) is -0.512. The second kappa shape index (κ2) is 20.2. The molecule has 2 aliphatic heterocycles. The molecule has 6 aromatic rings. The standard InChI is InChI=1S/C49H59N11O6S/c1-29-44(67-28-52-29)32-8-6-30(7-9-32)23-51-47(65)40-22-36(61)26-60(40)48(66)45(49(2,3)4)57-43(63)15-14-42(62)50-18-16-31-17-19-59(25-31)27-41-55-37-12-11-35(21-38(37)56-41)54-46(64)33-10-13-39-34(20-33)24-53-58(39)5/h6-13,20-21,24,28,31,36,40,45,61H,14-19,22-23,25-27H2,1-5H3,(H,50,62)(H,51,65)(H,54,64)(H,55,56)(H,57,63)/t31?,36-,40+,45-/m1/s1. The van der Waals surface area contributed by atoms with Crippen LogP contribution in [0, 0.1) is 18.3 Å². The fourth-order valence-electron chi connectivity index (χ4n) is 8.97. The number of aryl methyl sites for hydroxylation is 2. The molecule has 4 atom stereocenters. The van der Waals surface area contributed by atoms with Crippen LogP contribution in [-0.2, 0) is 39.3 Å². The van der Waals surface area contributed by atoms with Crippen LogP contribution in [0.5, 0.6) is 0 Å². The van der Waals surface area contributed by atoms with Gasteiger partial charge in [0.05, 0.1) is 51.5 Å². The summed E-state index contributed by atoms with van der Waals surface area (Å²) in [5, 5.41) is 27.4. The van der Waals surface area contributed by atoms with Crippen LogP contribution in [0.25, 0.3) is 32.4 Å². The number of nitrogens with zero attached hydrogens (tertiary/aromatic N) is 6. The van der Waals surface area contributed by atoms with Crippen molar-refractivity contribution in [3.8, 4) is 10.4 Å². The maximum atomic E-state index is 14.0. The second-order valence-corrected chi connectivity index (χ2v) is 19.7. The Kier molecular flexibility index (Phi) is 14.1. The molecule has 6 N–H and O–H groups in total. The Labute approximate surface area is 393 Å². The number of anilines is 1. The molecule has 3 aromatic carbocycles. The minimum absolute atomic E-state index is 0.0287. The van der Waals surface area contributed by atoms with Crippen LogP contribution < -0.4 is 21.3 Å². The number of rotatable bonds is 16. The molecular formula is C49H59N11O6S. The Morgan fingerprint density at radius 2 is 1.76 bits per heavy atom. The molecule has 67 heavy (non-hydrogen) atoms. The smallest absolute Gasteiger partial charge is 0.255 e. The van der Waals surface area contributed by atoms with Gasteiger partial charge >= 0.3 is 0 Å². The van der Waals surface area contributed by atoms with E-state index < -0.39 is 35.4 Å². The van der Waals surface area contributed by atoms with Crippen LogP contribution in [0.3, 0.4) is 0 Å². The lowest BCUT2D eigenvalue weighted by Gasteiger charge is -2.35. The van der Waals surface area contributed by atoms with Gasteiger partial charge in [-0.2, -0.15) is 5.10 Å². The van der Waals surface area contributed by atoms with Crippen molar-refractivity contribution in [1.29, 1.82) is 0 Å². The molecule has 8 rings (SSSR count). The summed E-state index contributed by atoms with van der Waals surface area (Å²) in [6.45, 7) is 10.6. The van der Waals surface area contributed by atoms with Gasteiger partial charge in [-0.05, 0) is 85.2 Å². The van der Waals surface area contributed by atoms with Crippen LogP contribution in [0.1, 0.15) is 80.3 Å². The zero-order chi connectivity index (χ0) is 47.4. The molecule has 17 nitrogen and oxygen atoms in total. The van der Waals surface area contributed by atoms with Crippen molar-refractivity contribution in [2.45, 2.75) is 91.1 Å². The lowest BCUT2D eigenvalue weighted by atomic mass is 9.85. The molecule has 5 amide bonds. The number of aromatic amines is 1. The third-order valence-electron chi connectivity index (χ3n) is 12.7. The molecule has 1 unspecified atom stereocenters. The highest BCUT2D eigenvalue weighted by Gasteiger charge is 2.44. The first-order chi connectivity index (χ1) is 32.1. The molecule has 2 saturated heterocycles. The maximum Gasteiger partial charge on any atom is 0.255 e. The van der Waals surface area contributed by atoms with E-state index in [1.165, 1.54) is 4.90 Å². The fraction of sp³-hybridized carbons (Fsp3) is 0.429. The lowest BCUT2D eigenvalue weighted by molar-refractivity contribution is -0.144. The van der Waals surface area contributed by atoms with Crippen molar-refractivity contribution >= 4 is 68.5 Å². The summed E-state index contributed by atoms with van der Waals surface area (Å²) in [4.78, 5) is 83.9. The third kappa shape index (κ3) is 11.4. The van der Waals surface area contributed by atoms with Crippen LogP contribution in [0.15, 0.2) is 72.4 Å². The molecule has 3 aromatic heterocycles. The number of β-amino-alcohol motifs (C(OH)–C–C–N with tert-alkyl or cyclic N) is 1. The number of aliphatic hydroxyl groups is 1. The summed E-state index contributed by atoms with van der Waals surface area (Å²) in [6, 6.07) is 17.1. The molecule has 5 heterocycles. The molecule has 18 heteroatoms. The summed E-state index contributed by atoms with van der Waals surface area (Å²) in [6.07, 6.45) is 2.58. The zero-order valence-electron chi connectivity index (χ0n) is 38.6. The second-order valence-electron chi connectivity index (χ2n) is 18.9. The van der Waals surface area contributed by atoms with Crippen molar-refractivity contribution in [3.63, 3.8) is 0 Å². The number of benzene rings is 3. The zero-order valence-corrected chi connectivity index (χ0v) is 39.4. The van der Waals surface area contributed by atoms with Gasteiger partial charge in [0.15, 0.2) is 0 Å². The number of H-pyrrole nitrogens is 1. The first-order valence-corrected chi connectivity index (χ1v) is 23.7. The molecule has 2 aliphatic rings. The average molecular weight is 930 g/mol. The van der Waals surface area contributed by atoms with Crippen molar-refractivity contribution < 1.29 is 29.1 Å². The van der Waals surface area contributed by atoms with Gasteiger partial charge in [0.1, 0.15) is 17.9 Å². The number of amides is 5. The number of nitrogens with one attached hydrogen (secondary N) is 5. The number of hydrogen-bond acceptors (Lipinski definition) is 11. The van der Waals surface area contributed by atoms with Crippen LogP contribution in [0.4, 0.5) is 5.69 Å². The molecule has 0 aliphatic carbocycles. The van der Waals surface area contributed by atoms with Crippen molar-refractivity contribution in [2.24, 2.45) is 18.4 Å². The highest BCUT2D eigenvalue weighted by molar-refractivity contribution is 7.13. The molecule has 0 bridgehead atoms. The van der Waals surface area contributed by atoms with Crippen molar-refractivity contribution in [1.82, 2.24) is 50.5 Å². The molecule has 0 radical (unpaired) electrons. The topological polar surface area (TPSA) is 220 Å². The van der Waals surface area contributed by atoms with E-state index >= 15 is 0 Å². The van der Waals surface area contributed by atoms with Gasteiger partial charge in [-0.3, -0.25) is 33.6 Å². The molecular weight excluding hydrogens is 871 g/mol. The first-order valence-electron chi connectivity index (χ1n) is 22.8. The number of aromatic nitrogens is 5. The Morgan fingerprint density at radius 3 is 2.52 bits per heavy atom. The largest absolute Gasteiger partial charge is 0.391 e. The predicted octanol–water partition coefficient (Wildman–Crippen LogP) is 5.05. The van der Waals surface area contributed by atoms with Crippen molar-refractivity contribution in [2.75, 3.05) is 31.5 Å². The van der Waals surface area contributed by atoms with Crippen LogP contribution in [0.2, 0.25) is 0 Å². The van der Waals surface area contributed by atoms with Gasteiger partial charge in [0.2, 0.25) is 23.6 Å². The van der Waals surface area contributed by atoms with E-state index in [-0.39, 0.29) is 50.1 Å². The maximum absolute atomic E-state index is 14.0. The summed E-state index contributed by atoms with van der Waals surface area (Å²) >= 11 is 1.57. The summed E-state index contributed by atoms with van der Waals surface area (Å²) in [7, 11) is 1.86. The Morgan fingerprint density at radius 1 is 0.970 bits per heavy atom. The Balaban J connectivity index is 0.750. The summed E-state index contributed by atoms with van der Waals surface area (Å²) in [5.41, 5.74) is 7.79. The van der Waals surface area contributed by atoms with Gasteiger partial charge in [-0.1, -0.05) is 45.0 Å². The quantitative estimate of drug-likeness (QED) is 0.0759. The number of imidazole rings is 1. The minimum atomic E-state index is -0.985.